The van der Waals surface area contributed by atoms with Gasteiger partial charge in [-0.3, -0.25) is 4.79 Å². The van der Waals surface area contributed by atoms with Crippen LogP contribution >= 0.6 is 0 Å². The van der Waals surface area contributed by atoms with Crippen LogP contribution < -0.4 is 0 Å². The van der Waals surface area contributed by atoms with E-state index in [2.05, 4.69) is 0 Å². The van der Waals surface area contributed by atoms with Gasteiger partial charge >= 0.3 is 0 Å². The van der Waals surface area contributed by atoms with Gasteiger partial charge < -0.3 is 0 Å². The highest BCUT2D eigenvalue weighted by Gasteiger charge is 2.01. The molecule has 0 N–H and O–H groups in total. The summed E-state index contributed by atoms with van der Waals surface area (Å²) in [4.78, 5) is 10.9. The summed E-state index contributed by atoms with van der Waals surface area (Å²) < 4.78 is 0. The van der Waals surface area contributed by atoms with Gasteiger partial charge in [0.1, 0.15) is 0 Å². The fraction of sp³-hybridized carbons (Fsp3) is 0.300. The molecule has 1 nitrogen and oxygen atoms in total. The minimum absolute atomic E-state index is 0.167. The Morgan fingerprint density at radius 2 is 2.18 bits per heavy atom. The Morgan fingerprint density at radius 3 is 2.82 bits per heavy atom. The lowest BCUT2D eigenvalue weighted by molar-refractivity contribution is -0.113. The second-order valence-electron chi connectivity index (χ2n) is 2.77. The first-order valence-corrected chi connectivity index (χ1v) is 3.75. The molecule has 1 aliphatic rings. The zero-order chi connectivity index (χ0) is 8.27. The van der Waals surface area contributed by atoms with Crippen LogP contribution in [-0.4, -0.2) is 5.78 Å². The SMILES string of the molecule is CC(=O)C1=CC=C(C)C=CC1. The van der Waals surface area contributed by atoms with Crippen molar-refractivity contribution in [1.29, 1.82) is 0 Å². The molecule has 0 aromatic carbocycles. The van der Waals surface area contributed by atoms with Crippen LogP contribution in [0.4, 0.5) is 0 Å². The van der Waals surface area contributed by atoms with Crippen LogP contribution in [0.15, 0.2) is 35.5 Å². The lowest BCUT2D eigenvalue weighted by atomic mass is 10.1. The maximum atomic E-state index is 10.9. The fourth-order valence-corrected chi connectivity index (χ4v) is 0.989. The van der Waals surface area contributed by atoms with Gasteiger partial charge in [-0.05, 0) is 25.8 Å². The van der Waals surface area contributed by atoms with Gasteiger partial charge in [0.05, 0.1) is 0 Å². The molecule has 0 atom stereocenters. The minimum atomic E-state index is 0.167. The van der Waals surface area contributed by atoms with Gasteiger partial charge in [-0.1, -0.05) is 29.9 Å². The highest BCUT2D eigenvalue weighted by atomic mass is 16.1. The van der Waals surface area contributed by atoms with Crippen molar-refractivity contribution in [2.75, 3.05) is 0 Å². The molecule has 0 unspecified atom stereocenters. The molecule has 0 amide bonds. The maximum absolute atomic E-state index is 10.9. The Labute approximate surface area is 67.1 Å². The molecule has 0 radical (unpaired) electrons. The highest BCUT2D eigenvalue weighted by molar-refractivity contribution is 5.93. The van der Waals surface area contributed by atoms with Crippen molar-refractivity contribution < 1.29 is 4.79 Å². The lowest BCUT2D eigenvalue weighted by Gasteiger charge is -1.93. The quantitative estimate of drug-likeness (QED) is 0.558. The van der Waals surface area contributed by atoms with E-state index in [4.69, 9.17) is 0 Å². The van der Waals surface area contributed by atoms with E-state index in [1.807, 2.05) is 31.2 Å². The normalized spacial score (nSPS) is 16.9. The van der Waals surface area contributed by atoms with Gasteiger partial charge in [0.2, 0.25) is 0 Å². The van der Waals surface area contributed by atoms with Crippen molar-refractivity contribution in [2.45, 2.75) is 20.3 Å². The Balaban J connectivity index is 2.86. The third-order valence-electron chi connectivity index (χ3n) is 1.72. The number of ketones is 1. The van der Waals surface area contributed by atoms with Gasteiger partial charge in [0, 0.05) is 0 Å². The first-order chi connectivity index (χ1) is 5.20. The van der Waals surface area contributed by atoms with E-state index in [0.29, 0.717) is 0 Å². The predicted octanol–water partition coefficient (Wildman–Crippen LogP) is 2.41. The minimum Gasteiger partial charge on any atom is -0.295 e. The number of allylic oxidation sites excluding steroid dienone is 6. The van der Waals surface area contributed by atoms with E-state index in [9.17, 15) is 4.79 Å². The van der Waals surface area contributed by atoms with E-state index in [0.717, 1.165) is 12.0 Å². The molecule has 0 aromatic heterocycles. The third kappa shape index (κ3) is 2.19. The molecule has 0 heterocycles. The summed E-state index contributed by atoms with van der Waals surface area (Å²) >= 11 is 0. The first kappa shape index (κ1) is 7.99. The number of rotatable bonds is 1. The Bertz CT molecular complexity index is 254. The molecule has 0 aliphatic heterocycles. The molecular weight excluding hydrogens is 136 g/mol. The molecular formula is C10H12O. The summed E-state index contributed by atoms with van der Waals surface area (Å²) in [7, 11) is 0. The monoisotopic (exact) mass is 148 g/mol. The van der Waals surface area contributed by atoms with Crippen LogP contribution in [-0.2, 0) is 4.79 Å². The smallest absolute Gasteiger partial charge is 0.156 e. The number of hydrogen-bond acceptors (Lipinski definition) is 1. The molecule has 0 saturated carbocycles. The predicted molar refractivity (Wildman–Crippen MR) is 46.3 cm³/mol. The number of carbonyl (C=O) groups is 1. The largest absolute Gasteiger partial charge is 0.295 e. The van der Waals surface area contributed by atoms with Gasteiger partial charge in [-0.2, -0.15) is 0 Å². The number of Topliss-reactive ketones (excluding diaryl/α,β-unsaturated/α-hetero) is 1. The zero-order valence-electron chi connectivity index (χ0n) is 6.92. The molecule has 0 aromatic rings. The molecule has 1 rings (SSSR count). The van der Waals surface area contributed by atoms with E-state index >= 15 is 0 Å². The van der Waals surface area contributed by atoms with Crippen LogP contribution in [0, 0.1) is 0 Å². The van der Waals surface area contributed by atoms with Crippen molar-refractivity contribution in [3.63, 3.8) is 0 Å². The summed E-state index contributed by atoms with van der Waals surface area (Å²) in [6, 6.07) is 0. The van der Waals surface area contributed by atoms with Crippen molar-refractivity contribution in [1.82, 2.24) is 0 Å². The van der Waals surface area contributed by atoms with E-state index in [1.54, 1.807) is 6.92 Å². The van der Waals surface area contributed by atoms with Gasteiger partial charge in [0.15, 0.2) is 5.78 Å². The summed E-state index contributed by atoms with van der Waals surface area (Å²) in [6.07, 6.45) is 8.69. The van der Waals surface area contributed by atoms with Crippen LogP contribution in [0.1, 0.15) is 20.3 Å². The molecule has 0 saturated heterocycles. The molecule has 58 valence electrons. The standard InChI is InChI=1S/C10H12O/c1-8-4-3-5-10(7-6-8)9(2)11/h3-4,6-7H,5H2,1-2H3. The van der Waals surface area contributed by atoms with Crippen molar-refractivity contribution in [3.05, 3.63) is 35.5 Å². The number of hydrogen-bond donors (Lipinski definition) is 0. The fourth-order valence-electron chi connectivity index (χ4n) is 0.989. The first-order valence-electron chi connectivity index (χ1n) is 3.75. The lowest BCUT2D eigenvalue weighted by Crippen LogP contribution is -1.93. The van der Waals surface area contributed by atoms with Gasteiger partial charge in [-0.25, -0.2) is 0 Å². The van der Waals surface area contributed by atoms with Crippen LogP contribution in [0.2, 0.25) is 0 Å². The van der Waals surface area contributed by atoms with Crippen molar-refractivity contribution in [2.24, 2.45) is 0 Å². The van der Waals surface area contributed by atoms with Crippen LogP contribution in [0.25, 0.3) is 0 Å². The molecule has 11 heavy (non-hydrogen) atoms. The average molecular weight is 148 g/mol. The topological polar surface area (TPSA) is 17.1 Å². The molecule has 0 bridgehead atoms. The average Bonchev–Trinajstić information content (AvgIpc) is 2.13. The molecule has 0 fully saturated rings. The van der Waals surface area contributed by atoms with E-state index in [-0.39, 0.29) is 5.78 Å². The summed E-state index contributed by atoms with van der Waals surface area (Å²) in [6.45, 7) is 3.63. The number of carbonyl (C=O) groups excluding carboxylic acids is 1. The van der Waals surface area contributed by atoms with Crippen molar-refractivity contribution in [3.8, 4) is 0 Å². The van der Waals surface area contributed by atoms with Crippen LogP contribution in [0.3, 0.4) is 0 Å². The maximum Gasteiger partial charge on any atom is 0.156 e. The Hall–Kier alpha value is -1.11. The second-order valence-corrected chi connectivity index (χ2v) is 2.77. The second kappa shape index (κ2) is 3.33. The molecule has 1 heteroatoms. The summed E-state index contributed by atoms with van der Waals surface area (Å²) in [5.41, 5.74) is 2.08. The van der Waals surface area contributed by atoms with E-state index in [1.165, 1.54) is 5.57 Å². The molecule has 0 spiro atoms. The summed E-state index contributed by atoms with van der Waals surface area (Å²) in [5.74, 6) is 0.167. The zero-order valence-corrected chi connectivity index (χ0v) is 6.92. The van der Waals surface area contributed by atoms with E-state index < -0.39 is 0 Å². The Kier molecular flexibility index (Phi) is 2.42. The van der Waals surface area contributed by atoms with Crippen LogP contribution in [0.5, 0.6) is 0 Å². The molecule has 1 aliphatic carbocycles. The highest BCUT2D eigenvalue weighted by Crippen LogP contribution is 2.11. The third-order valence-corrected chi connectivity index (χ3v) is 1.72. The summed E-state index contributed by atoms with van der Waals surface area (Å²) in [5, 5.41) is 0. The van der Waals surface area contributed by atoms with Gasteiger partial charge in [-0.15, -0.1) is 0 Å². The Morgan fingerprint density at radius 1 is 1.45 bits per heavy atom. The van der Waals surface area contributed by atoms with Crippen molar-refractivity contribution >= 4 is 5.78 Å². The van der Waals surface area contributed by atoms with Gasteiger partial charge in [0.25, 0.3) is 0 Å².